The molecule has 0 atom stereocenters. The summed E-state index contributed by atoms with van der Waals surface area (Å²) in [4.78, 5) is 0. The summed E-state index contributed by atoms with van der Waals surface area (Å²) in [6.07, 6.45) is 4.01. The van der Waals surface area contributed by atoms with E-state index in [1.54, 1.807) is 0 Å². The van der Waals surface area contributed by atoms with E-state index in [2.05, 4.69) is 76.7 Å². The molecule has 1 aliphatic carbocycles. The van der Waals surface area contributed by atoms with Crippen molar-refractivity contribution in [3.8, 4) is 6.07 Å². The molecule has 1 aromatic rings. The average Bonchev–Trinajstić information content (AvgIpc) is 3.29. The first-order valence-corrected chi connectivity index (χ1v) is 9.05. The summed E-state index contributed by atoms with van der Waals surface area (Å²) in [5.41, 5.74) is 2.26. The lowest BCUT2D eigenvalue weighted by atomic mass is 9.78. The van der Waals surface area contributed by atoms with Crippen LogP contribution >= 0.6 is 12.6 Å². The molecule has 0 bridgehead atoms. The van der Waals surface area contributed by atoms with Gasteiger partial charge in [-0.25, -0.2) is 0 Å². The van der Waals surface area contributed by atoms with Crippen molar-refractivity contribution >= 4 is 25.8 Å². The van der Waals surface area contributed by atoms with Crippen molar-refractivity contribution in [2.75, 3.05) is 5.75 Å². The Bertz CT molecular complexity index is 683. The highest BCUT2D eigenvalue weighted by Crippen LogP contribution is 2.47. The van der Waals surface area contributed by atoms with Gasteiger partial charge in [0.05, 0.1) is 22.7 Å². The second-order valence-electron chi connectivity index (χ2n) is 7.78. The highest BCUT2D eigenvalue weighted by molar-refractivity contribution is 7.80. The fourth-order valence-electron chi connectivity index (χ4n) is 2.89. The molecule has 1 aromatic carbocycles. The lowest BCUT2D eigenvalue weighted by Crippen LogP contribution is -2.41. The molecular formula is C19H24BNO2S. The molecule has 1 aliphatic heterocycles. The lowest BCUT2D eigenvalue weighted by molar-refractivity contribution is 0.00578. The van der Waals surface area contributed by atoms with E-state index in [0.29, 0.717) is 5.75 Å². The minimum absolute atomic E-state index is 0.236. The van der Waals surface area contributed by atoms with Gasteiger partial charge in [0.2, 0.25) is 0 Å². The Kier molecular flexibility index (Phi) is 4.36. The topological polar surface area (TPSA) is 42.2 Å². The Morgan fingerprint density at radius 1 is 1.17 bits per heavy atom. The van der Waals surface area contributed by atoms with Crippen LogP contribution in [0, 0.1) is 11.3 Å². The molecule has 0 amide bonds. The molecule has 0 radical (unpaired) electrons. The van der Waals surface area contributed by atoms with E-state index >= 15 is 0 Å². The van der Waals surface area contributed by atoms with Gasteiger partial charge in [-0.2, -0.15) is 17.9 Å². The Hall–Kier alpha value is -1.22. The molecule has 0 unspecified atom stereocenters. The van der Waals surface area contributed by atoms with Crippen LogP contribution in [0.1, 0.15) is 51.7 Å². The van der Waals surface area contributed by atoms with E-state index in [1.807, 2.05) is 0 Å². The molecule has 0 aromatic heterocycles. The molecule has 2 aliphatic rings. The Labute approximate surface area is 150 Å². The number of hydrogen-bond acceptors (Lipinski definition) is 4. The van der Waals surface area contributed by atoms with Crippen molar-refractivity contribution in [3.63, 3.8) is 0 Å². The zero-order valence-electron chi connectivity index (χ0n) is 14.8. The van der Waals surface area contributed by atoms with Crippen molar-refractivity contribution in [3.05, 3.63) is 40.9 Å². The standard InChI is InChI=1S/C19H24BNO2S/c1-17(2)18(3,4)23-20(22-17)16(12-24)11-14-5-7-15(8-6-14)19(13-21)9-10-19/h5-8,11,24H,9-10,12H2,1-4H3. The third-order valence-electron chi connectivity index (χ3n) is 5.52. The van der Waals surface area contributed by atoms with Crippen molar-refractivity contribution < 1.29 is 9.31 Å². The van der Waals surface area contributed by atoms with Crippen molar-refractivity contribution in [1.82, 2.24) is 0 Å². The van der Waals surface area contributed by atoms with E-state index in [4.69, 9.17) is 9.31 Å². The zero-order valence-corrected chi connectivity index (χ0v) is 15.7. The first-order valence-electron chi connectivity index (χ1n) is 8.42. The predicted molar refractivity (Wildman–Crippen MR) is 101 cm³/mol. The van der Waals surface area contributed by atoms with Gasteiger partial charge in [0.15, 0.2) is 0 Å². The van der Waals surface area contributed by atoms with E-state index in [9.17, 15) is 5.26 Å². The Balaban J connectivity index is 1.81. The number of hydrogen-bond donors (Lipinski definition) is 1. The van der Waals surface area contributed by atoms with Gasteiger partial charge in [0, 0.05) is 5.75 Å². The van der Waals surface area contributed by atoms with Crippen LogP contribution in [0.4, 0.5) is 0 Å². The normalized spacial score (nSPS) is 23.8. The maximum absolute atomic E-state index is 9.30. The SMILES string of the molecule is CC1(C)OB(C(=Cc2ccc(C3(C#N)CC3)cc2)CS)OC1(C)C. The minimum atomic E-state index is -0.374. The molecule has 3 nitrogen and oxygen atoms in total. The highest BCUT2D eigenvalue weighted by atomic mass is 32.1. The third-order valence-corrected chi connectivity index (χ3v) is 5.88. The van der Waals surface area contributed by atoms with Gasteiger partial charge in [-0.3, -0.25) is 0 Å². The summed E-state index contributed by atoms with van der Waals surface area (Å²) in [6.45, 7) is 8.20. The molecule has 1 heterocycles. The average molecular weight is 341 g/mol. The van der Waals surface area contributed by atoms with Crippen LogP contribution in [0.25, 0.3) is 6.08 Å². The number of thiol groups is 1. The molecule has 1 saturated heterocycles. The minimum Gasteiger partial charge on any atom is -0.400 e. The van der Waals surface area contributed by atoms with Crippen LogP contribution in [0.15, 0.2) is 29.7 Å². The molecule has 24 heavy (non-hydrogen) atoms. The second kappa shape index (κ2) is 5.95. The highest BCUT2D eigenvalue weighted by Gasteiger charge is 2.52. The lowest BCUT2D eigenvalue weighted by Gasteiger charge is -2.32. The van der Waals surface area contributed by atoms with E-state index in [0.717, 1.165) is 29.4 Å². The molecule has 0 N–H and O–H groups in total. The molecule has 2 fully saturated rings. The molecule has 0 spiro atoms. The van der Waals surface area contributed by atoms with E-state index < -0.39 is 0 Å². The van der Waals surface area contributed by atoms with Gasteiger partial charge in [-0.15, -0.1) is 0 Å². The van der Waals surface area contributed by atoms with Gasteiger partial charge < -0.3 is 9.31 Å². The second-order valence-corrected chi connectivity index (χ2v) is 8.10. The smallest absolute Gasteiger partial charge is 0.400 e. The van der Waals surface area contributed by atoms with Crippen molar-refractivity contribution in [2.24, 2.45) is 0 Å². The third kappa shape index (κ3) is 3.03. The summed E-state index contributed by atoms with van der Waals surface area (Å²) in [5, 5.41) is 9.30. The maximum atomic E-state index is 9.30. The fraction of sp³-hybridized carbons (Fsp3) is 0.526. The van der Waals surface area contributed by atoms with Gasteiger partial charge in [-0.1, -0.05) is 30.3 Å². The van der Waals surface area contributed by atoms with Crippen LogP contribution in [-0.4, -0.2) is 24.1 Å². The van der Waals surface area contributed by atoms with Gasteiger partial charge in [-0.05, 0) is 57.1 Å². The first-order chi connectivity index (χ1) is 11.2. The summed E-state index contributed by atoms with van der Waals surface area (Å²) < 4.78 is 12.2. The first kappa shape index (κ1) is 17.6. The maximum Gasteiger partial charge on any atom is 0.491 e. The molecule has 3 rings (SSSR count). The molecule has 126 valence electrons. The van der Waals surface area contributed by atoms with Crippen LogP contribution in [0.5, 0.6) is 0 Å². The molecular weight excluding hydrogens is 317 g/mol. The van der Waals surface area contributed by atoms with Gasteiger partial charge >= 0.3 is 7.12 Å². The summed E-state index contributed by atoms with van der Waals surface area (Å²) in [7, 11) is -0.374. The van der Waals surface area contributed by atoms with Gasteiger partial charge in [0.1, 0.15) is 0 Å². The largest absolute Gasteiger partial charge is 0.491 e. The van der Waals surface area contributed by atoms with Crippen molar-refractivity contribution in [2.45, 2.75) is 57.2 Å². The summed E-state index contributed by atoms with van der Waals surface area (Å²) in [6, 6.07) is 10.7. The number of nitriles is 1. The van der Waals surface area contributed by atoms with Crippen LogP contribution in [-0.2, 0) is 14.7 Å². The van der Waals surface area contributed by atoms with Crippen LogP contribution in [0.2, 0.25) is 0 Å². The number of benzene rings is 1. The summed E-state index contributed by atoms with van der Waals surface area (Å²) in [5.74, 6) is 0.570. The predicted octanol–water partition coefficient (Wildman–Crippen LogP) is 4.19. The van der Waals surface area contributed by atoms with E-state index in [-0.39, 0.29) is 23.7 Å². The molecule has 1 saturated carbocycles. The molecule has 5 heteroatoms. The quantitative estimate of drug-likeness (QED) is 0.660. The van der Waals surface area contributed by atoms with Crippen molar-refractivity contribution in [1.29, 1.82) is 5.26 Å². The van der Waals surface area contributed by atoms with Gasteiger partial charge in [0.25, 0.3) is 0 Å². The fourth-order valence-corrected chi connectivity index (χ4v) is 3.13. The zero-order chi connectivity index (χ0) is 17.6. The van der Waals surface area contributed by atoms with Crippen LogP contribution in [0.3, 0.4) is 0 Å². The Morgan fingerprint density at radius 3 is 2.12 bits per heavy atom. The van der Waals surface area contributed by atoms with Crippen LogP contribution < -0.4 is 0 Å². The summed E-state index contributed by atoms with van der Waals surface area (Å²) >= 11 is 4.45. The van der Waals surface area contributed by atoms with E-state index in [1.165, 1.54) is 0 Å². The monoisotopic (exact) mass is 341 g/mol. The number of nitrogens with zero attached hydrogens (tertiary/aromatic N) is 1. The Morgan fingerprint density at radius 2 is 1.71 bits per heavy atom. The number of rotatable bonds is 4.